The number of hydrogen-bond acceptors (Lipinski definition) is 5. The summed E-state index contributed by atoms with van der Waals surface area (Å²) in [5.41, 5.74) is 1.11. The molecule has 31 heavy (non-hydrogen) atoms. The van der Waals surface area contributed by atoms with Crippen LogP contribution in [0, 0.1) is 0 Å². The highest BCUT2D eigenvalue weighted by Gasteiger charge is 2.38. The molecule has 0 saturated carbocycles. The van der Waals surface area contributed by atoms with Crippen LogP contribution in [0.1, 0.15) is 25.6 Å². The van der Waals surface area contributed by atoms with Crippen molar-refractivity contribution in [3.05, 3.63) is 48.3 Å². The zero-order chi connectivity index (χ0) is 22.6. The first-order chi connectivity index (χ1) is 14.7. The number of carboxylic acid groups (broad SMARTS) is 1. The van der Waals surface area contributed by atoms with E-state index in [9.17, 15) is 18.0 Å². The van der Waals surface area contributed by atoms with E-state index in [1.165, 1.54) is 43.5 Å². The van der Waals surface area contributed by atoms with E-state index in [1.807, 2.05) is 0 Å². The van der Waals surface area contributed by atoms with Crippen molar-refractivity contribution in [3.8, 4) is 11.4 Å². The number of methoxy groups -OCH3 is 1. The van der Waals surface area contributed by atoms with E-state index in [4.69, 9.17) is 14.6 Å². The molecule has 0 bridgehead atoms. The molecule has 7 nitrogen and oxygen atoms in total. The largest absolute Gasteiger partial charge is 0.497 e. The number of alkyl halides is 3. The Balaban J connectivity index is 2.01. The fourth-order valence-corrected chi connectivity index (χ4v) is 3.00. The van der Waals surface area contributed by atoms with Gasteiger partial charge in [0.25, 0.3) is 0 Å². The highest BCUT2D eigenvalue weighted by molar-refractivity contribution is 5.83. The highest BCUT2D eigenvalue weighted by atomic mass is 19.4. The second-order valence-corrected chi connectivity index (χ2v) is 6.47. The third-order valence-corrected chi connectivity index (χ3v) is 4.34. The van der Waals surface area contributed by atoms with Gasteiger partial charge in [-0.2, -0.15) is 13.2 Å². The lowest BCUT2D eigenvalue weighted by Crippen LogP contribution is -2.13. The maximum Gasteiger partial charge on any atom is 0.450 e. The number of ether oxygens (including phenoxy) is 2. The zero-order valence-electron chi connectivity index (χ0n) is 16.8. The molecule has 164 valence electrons. The molecule has 10 heteroatoms. The highest BCUT2D eigenvalue weighted by Crippen LogP contribution is 2.35. The summed E-state index contributed by atoms with van der Waals surface area (Å²) in [6, 6.07) is 10.6. The summed E-state index contributed by atoms with van der Waals surface area (Å²) in [6.07, 6.45) is -4.70. The Morgan fingerprint density at radius 3 is 2.45 bits per heavy atom. The summed E-state index contributed by atoms with van der Waals surface area (Å²) in [7, 11) is 1.43. The molecule has 1 N–H and O–H groups in total. The van der Waals surface area contributed by atoms with Crippen molar-refractivity contribution in [1.29, 1.82) is 0 Å². The van der Waals surface area contributed by atoms with Crippen molar-refractivity contribution in [2.45, 2.75) is 25.9 Å². The van der Waals surface area contributed by atoms with Crippen LogP contribution in [0.5, 0.6) is 5.75 Å². The van der Waals surface area contributed by atoms with Gasteiger partial charge in [-0.15, -0.1) is 0 Å². The van der Waals surface area contributed by atoms with Gasteiger partial charge in [-0.1, -0.05) is 0 Å². The molecule has 3 aromatic rings. The molecule has 0 aliphatic heterocycles. The van der Waals surface area contributed by atoms with Crippen LogP contribution in [0.25, 0.3) is 16.7 Å². The predicted molar refractivity (Wildman–Crippen MR) is 108 cm³/mol. The second kappa shape index (κ2) is 9.07. The van der Waals surface area contributed by atoms with Gasteiger partial charge in [0.1, 0.15) is 5.75 Å². The first-order valence-electron chi connectivity index (χ1n) is 9.39. The molecule has 0 radical (unpaired) electrons. The predicted octanol–water partition coefficient (Wildman–Crippen LogP) is 4.98. The molecule has 2 aromatic carbocycles. The van der Waals surface area contributed by atoms with E-state index in [2.05, 4.69) is 9.98 Å². The van der Waals surface area contributed by atoms with Crippen LogP contribution in [0.15, 0.2) is 47.5 Å². The van der Waals surface area contributed by atoms with Gasteiger partial charge in [0.2, 0.25) is 5.82 Å². The Bertz CT molecular complexity index is 1110. The number of hydrogen-bond donors (Lipinski definition) is 1. The molecule has 1 heterocycles. The summed E-state index contributed by atoms with van der Waals surface area (Å²) >= 11 is 0. The lowest BCUT2D eigenvalue weighted by molar-refractivity contribution is -0.145. The van der Waals surface area contributed by atoms with E-state index in [0.29, 0.717) is 18.0 Å². The number of halogens is 3. The van der Waals surface area contributed by atoms with Crippen LogP contribution in [0.2, 0.25) is 0 Å². The van der Waals surface area contributed by atoms with Crippen LogP contribution in [-0.2, 0) is 15.7 Å². The zero-order valence-corrected chi connectivity index (χ0v) is 16.8. The molecule has 1 aromatic heterocycles. The Labute approximate surface area is 175 Å². The number of aliphatic imine (C=N–C) groups is 1. The number of fused-ring (bicyclic) bond motifs is 1. The average molecular weight is 435 g/mol. The van der Waals surface area contributed by atoms with Gasteiger partial charge in [0, 0.05) is 18.2 Å². The van der Waals surface area contributed by atoms with Crippen molar-refractivity contribution >= 4 is 28.6 Å². The van der Waals surface area contributed by atoms with Crippen molar-refractivity contribution < 1.29 is 32.5 Å². The minimum Gasteiger partial charge on any atom is -0.497 e. The second-order valence-electron chi connectivity index (χ2n) is 6.47. The minimum atomic E-state index is -4.66. The third kappa shape index (κ3) is 5.14. The fraction of sp³-hybridized carbons (Fsp3) is 0.286. The monoisotopic (exact) mass is 435 g/mol. The third-order valence-electron chi connectivity index (χ3n) is 4.34. The number of rotatable bonds is 7. The van der Waals surface area contributed by atoms with Gasteiger partial charge in [0.05, 0.1) is 36.9 Å². The van der Waals surface area contributed by atoms with E-state index in [1.54, 1.807) is 13.0 Å². The summed E-state index contributed by atoms with van der Waals surface area (Å²) in [4.78, 5) is 18.8. The lowest BCUT2D eigenvalue weighted by Gasteiger charge is -2.12. The van der Waals surface area contributed by atoms with Crippen molar-refractivity contribution in [2.24, 2.45) is 4.99 Å². The van der Waals surface area contributed by atoms with Crippen molar-refractivity contribution in [3.63, 3.8) is 0 Å². The molecular formula is C21H20F3N3O4. The van der Waals surface area contributed by atoms with Crippen LogP contribution >= 0.6 is 0 Å². The number of aliphatic carboxylic acids is 1. The van der Waals surface area contributed by atoms with Crippen LogP contribution in [0.4, 0.5) is 18.9 Å². The molecular weight excluding hydrogens is 415 g/mol. The van der Waals surface area contributed by atoms with Crippen LogP contribution in [0.3, 0.4) is 0 Å². The number of nitrogens with zero attached hydrogens (tertiary/aromatic N) is 3. The molecule has 0 amide bonds. The van der Waals surface area contributed by atoms with Gasteiger partial charge in [0.15, 0.2) is 5.90 Å². The first kappa shape index (κ1) is 22.1. The molecule has 0 saturated heterocycles. The minimum absolute atomic E-state index is 0.108. The maximum absolute atomic E-state index is 13.6. The molecule has 0 spiro atoms. The maximum atomic E-state index is 13.6. The Kier molecular flexibility index (Phi) is 6.47. The van der Waals surface area contributed by atoms with E-state index in [0.717, 1.165) is 4.57 Å². The van der Waals surface area contributed by atoms with Gasteiger partial charge >= 0.3 is 12.1 Å². The molecule has 0 aliphatic carbocycles. The number of benzene rings is 2. The van der Waals surface area contributed by atoms with E-state index in [-0.39, 0.29) is 35.5 Å². The van der Waals surface area contributed by atoms with Gasteiger partial charge in [-0.25, -0.2) is 9.98 Å². The molecule has 3 rings (SSSR count). The van der Waals surface area contributed by atoms with E-state index < -0.39 is 18.0 Å². The SMILES string of the molecule is CCOC(CCC(=O)O)=Nc1ccc(-n2c(C(F)(F)F)nc3cc(OC)ccc32)cc1. The Morgan fingerprint density at radius 2 is 1.87 bits per heavy atom. The summed E-state index contributed by atoms with van der Waals surface area (Å²) < 4.78 is 52.4. The first-order valence-corrected chi connectivity index (χ1v) is 9.39. The van der Waals surface area contributed by atoms with Gasteiger partial charge < -0.3 is 14.6 Å². The summed E-state index contributed by atoms with van der Waals surface area (Å²) in [5, 5.41) is 8.83. The van der Waals surface area contributed by atoms with Crippen LogP contribution < -0.4 is 4.74 Å². The number of imidazole rings is 1. The molecule has 0 aliphatic rings. The number of carbonyl (C=O) groups is 1. The standard InChI is InChI=1S/C21H20F3N3O4/c1-3-31-18(10-11-19(28)29)25-13-4-6-14(7-5-13)27-17-9-8-15(30-2)12-16(17)26-20(27)21(22,23)24/h4-9,12H,3,10-11H2,1-2H3,(H,28,29). The Hall–Kier alpha value is -3.56. The van der Waals surface area contributed by atoms with Crippen molar-refractivity contribution in [2.75, 3.05) is 13.7 Å². The van der Waals surface area contributed by atoms with Gasteiger partial charge in [-0.05, 0) is 43.3 Å². The number of carboxylic acids is 1. The van der Waals surface area contributed by atoms with Gasteiger partial charge in [-0.3, -0.25) is 9.36 Å². The topological polar surface area (TPSA) is 85.9 Å². The summed E-state index contributed by atoms with van der Waals surface area (Å²) in [5.74, 6) is -1.39. The number of aromatic nitrogens is 2. The summed E-state index contributed by atoms with van der Waals surface area (Å²) in [6.45, 7) is 2.06. The average Bonchev–Trinajstić information content (AvgIpc) is 3.12. The Morgan fingerprint density at radius 1 is 1.16 bits per heavy atom. The molecule has 0 atom stereocenters. The molecule has 0 unspecified atom stereocenters. The quantitative estimate of drug-likeness (QED) is 0.418. The van der Waals surface area contributed by atoms with Crippen molar-refractivity contribution in [1.82, 2.24) is 9.55 Å². The fourth-order valence-electron chi connectivity index (χ4n) is 3.00. The smallest absolute Gasteiger partial charge is 0.450 e. The van der Waals surface area contributed by atoms with E-state index >= 15 is 0 Å². The normalized spacial score (nSPS) is 12.2. The van der Waals surface area contributed by atoms with Crippen LogP contribution in [-0.4, -0.2) is 40.2 Å². The molecule has 0 fully saturated rings. The lowest BCUT2D eigenvalue weighted by atomic mass is 10.2.